The molecule has 0 bridgehead atoms. The standard InChI is InChI=1S/C12H16N4O2.ClH/c1-13-10-5-4-9(7-14-10)15-11(17)8-16-6-2-3-12(16)18;/h4-5,7H,2-3,6,8H2,1H3,(H,13,14)(H,15,17);1H. The van der Waals surface area contributed by atoms with Gasteiger partial charge in [-0.2, -0.15) is 0 Å². The molecule has 0 aromatic carbocycles. The van der Waals surface area contributed by atoms with E-state index in [1.807, 2.05) is 0 Å². The third-order valence-electron chi connectivity index (χ3n) is 2.81. The summed E-state index contributed by atoms with van der Waals surface area (Å²) in [5, 5.41) is 5.61. The number of hydrogen-bond acceptors (Lipinski definition) is 4. The Bertz CT molecular complexity index is 450. The molecule has 1 fully saturated rings. The Hall–Kier alpha value is -1.82. The lowest BCUT2D eigenvalue weighted by Gasteiger charge is -2.14. The largest absolute Gasteiger partial charge is 0.373 e. The maximum Gasteiger partial charge on any atom is 0.244 e. The highest BCUT2D eigenvalue weighted by atomic mass is 35.5. The summed E-state index contributed by atoms with van der Waals surface area (Å²) in [7, 11) is 1.78. The number of aromatic nitrogens is 1. The van der Waals surface area contributed by atoms with Crippen LogP contribution in [-0.4, -0.2) is 41.8 Å². The molecule has 0 saturated carbocycles. The number of rotatable bonds is 4. The zero-order valence-electron chi connectivity index (χ0n) is 10.7. The van der Waals surface area contributed by atoms with Crippen molar-refractivity contribution >= 4 is 35.7 Å². The van der Waals surface area contributed by atoms with Crippen LogP contribution in [0.2, 0.25) is 0 Å². The van der Waals surface area contributed by atoms with E-state index in [9.17, 15) is 9.59 Å². The number of likely N-dealkylation sites (tertiary alicyclic amines) is 1. The van der Waals surface area contributed by atoms with E-state index in [0.717, 1.165) is 12.2 Å². The van der Waals surface area contributed by atoms with Crippen molar-refractivity contribution in [2.75, 3.05) is 30.8 Å². The van der Waals surface area contributed by atoms with Crippen molar-refractivity contribution in [1.29, 1.82) is 0 Å². The Labute approximate surface area is 118 Å². The monoisotopic (exact) mass is 284 g/mol. The van der Waals surface area contributed by atoms with E-state index in [2.05, 4.69) is 15.6 Å². The Kier molecular flexibility index (Phi) is 5.57. The van der Waals surface area contributed by atoms with E-state index in [4.69, 9.17) is 0 Å². The van der Waals surface area contributed by atoms with Crippen LogP contribution >= 0.6 is 12.4 Å². The molecule has 7 heteroatoms. The summed E-state index contributed by atoms with van der Waals surface area (Å²) < 4.78 is 0. The second-order valence-corrected chi connectivity index (χ2v) is 4.15. The Morgan fingerprint density at radius 2 is 2.26 bits per heavy atom. The van der Waals surface area contributed by atoms with Crippen LogP contribution in [0, 0.1) is 0 Å². The van der Waals surface area contributed by atoms with Gasteiger partial charge in [-0.3, -0.25) is 9.59 Å². The average Bonchev–Trinajstić information content (AvgIpc) is 2.76. The number of hydrogen-bond donors (Lipinski definition) is 2. The molecule has 2 heterocycles. The lowest BCUT2D eigenvalue weighted by atomic mass is 10.4. The summed E-state index contributed by atoms with van der Waals surface area (Å²) in [6.45, 7) is 0.788. The molecular formula is C12H17ClN4O2. The fourth-order valence-corrected chi connectivity index (χ4v) is 1.86. The highest BCUT2D eigenvalue weighted by molar-refractivity contribution is 5.94. The van der Waals surface area contributed by atoms with E-state index < -0.39 is 0 Å². The number of carbonyl (C=O) groups excluding carboxylic acids is 2. The van der Waals surface area contributed by atoms with Crippen LogP contribution < -0.4 is 10.6 Å². The second kappa shape index (κ2) is 6.94. The fourth-order valence-electron chi connectivity index (χ4n) is 1.86. The van der Waals surface area contributed by atoms with Crippen LogP contribution in [0.1, 0.15) is 12.8 Å². The first kappa shape index (κ1) is 15.2. The molecule has 0 unspecified atom stereocenters. The average molecular weight is 285 g/mol. The summed E-state index contributed by atoms with van der Waals surface area (Å²) in [6, 6.07) is 3.54. The number of pyridine rings is 1. The van der Waals surface area contributed by atoms with Gasteiger partial charge in [-0.15, -0.1) is 12.4 Å². The lowest BCUT2D eigenvalue weighted by molar-refractivity contribution is -0.131. The Morgan fingerprint density at radius 1 is 1.47 bits per heavy atom. The van der Waals surface area contributed by atoms with Crippen LogP contribution in [0.4, 0.5) is 11.5 Å². The van der Waals surface area contributed by atoms with Crippen LogP contribution in [0.15, 0.2) is 18.3 Å². The van der Waals surface area contributed by atoms with Gasteiger partial charge in [0.25, 0.3) is 0 Å². The summed E-state index contributed by atoms with van der Waals surface area (Å²) in [5.74, 6) is 0.598. The van der Waals surface area contributed by atoms with Crippen molar-refractivity contribution in [1.82, 2.24) is 9.88 Å². The number of halogens is 1. The van der Waals surface area contributed by atoms with Crippen molar-refractivity contribution < 1.29 is 9.59 Å². The molecule has 2 rings (SSSR count). The third-order valence-corrected chi connectivity index (χ3v) is 2.81. The van der Waals surface area contributed by atoms with Gasteiger partial charge in [-0.05, 0) is 18.6 Å². The van der Waals surface area contributed by atoms with Crippen molar-refractivity contribution in [2.24, 2.45) is 0 Å². The van der Waals surface area contributed by atoms with Gasteiger partial charge in [0.05, 0.1) is 18.4 Å². The molecule has 6 nitrogen and oxygen atoms in total. The smallest absolute Gasteiger partial charge is 0.244 e. The Balaban J connectivity index is 0.00000180. The molecule has 2 amide bonds. The van der Waals surface area contributed by atoms with Crippen molar-refractivity contribution in [3.63, 3.8) is 0 Å². The maximum absolute atomic E-state index is 11.7. The summed E-state index contributed by atoms with van der Waals surface area (Å²) in [5.41, 5.74) is 0.630. The molecule has 1 aromatic heterocycles. The normalized spacial score (nSPS) is 13.9. The molecule has 1 aromatic rings. The first-order valence-electron chi connectivity index (χ1n) is 5.90. The Morgan fingerprint density at radius 3 is 2.79 bits per heavy atom. The number of nitrogens with zero attached hydrogens (tertiary/aromatic N) is 2. The highest BCUT2D eigenvalue weighted by Crippen LogP contribution is 2.11. The molecular weight excluding hydrogens is 268 g/mol. The van der Waals surface area contributed by atoms with Gasteiger partial charge in [0, 0.05) is 20.0 Å². The fraction of sp³-hybridized carbons (Fsp3) is 0.417. The summed E-state index contributed by atoms with van der Waals surface area (Å²) >= 11 is 0. The first-order valence-corrected chi connectivity index (χ1v) is 5.90. The number of carbonyl (C=O) groups is 2. The van der Waals surface area contributed by atoms with Crippen LogP contribution in [0.25, 0.3) is 0 Å². The highest BCUT2D eigenvalue weighted by Gasteiger charge is 2.22. The summed E-state index contributed by atoms with van der Waals surface area (Å²) in [4.78, 5) is 28.8. The zero-order chi connectivity index (χ0) is 13.0. The number of anilines is 2. The van der Waals surface area contributed by atoms with Crippen LogP contribution in [0.3, 0.4) is 0 Å². The van der Waals surface area contributed by atoms with Crippen molar-refractivity contribution in [3.05, 3.63) is 18.3 Å². The predicted molar refractivity (Wildman–Crippen MR) is 75.5 cm³/mol. The van der Waals surface area contributed by atoms with Crippen LogP contribution in [0.5, 0.6) is 0 Å². The zero-order valence-corrected chi connectivity index (χ0v) is 11.5. The molecule has 104 valence electrons. The van der Waals surface area contributed by atoms with Gasteiger partial charge in [0.15, 0.2) is 0 Å². The van der Waals surface area contributed by atoms with E-state index >= 15 is 0 Å². The minimum Gasteiger partial charge on any atom is -0.373 e. The first-order chi connectivity index (χ1) is 8.69. The van der Waals surface area contributed by atoms with Gasteiger partial charge >= 0.3 is 0 Å². The quantitative estimate of drug-likeness (QED) is 0.868. The van der Waals surface area contributed by atoms with E-state index in [-0.39, 0.29) is 30.8 Å². The van der Waals surface area contributed by atoms with Gasteiger partial charge < -0.3 is 15.5 Å². The number of nitrogens with one attached hydrogen (secondary N) is 2. The molecule has 0 atom stereocenters. The van der Waals surface area contributed by atoms with Crippen molar-refractivity contribution in [2.45, 2.75) is 12.8 Å². The van der Waals surface area contributed by atoms with Gasteiger partial charge in [0.1, 0.15) is 5.82 Å². The van der Waals surface area contributed by atoms with E-state index in [1.165, 1.54) is 0 Å². The molecule has 1 aliphatic heterocycles. The third kappa shape index (κ3) is 4.10. The van der Waals surface area contributed by atoms with E-state index in [0.29, 0.717) is 18.7 Å². The molecule has 1 saturated heterocycles. The second-order valence-electron chi connectivity index (χ2n) is 4.15. The molecule has 2 N–H and O–H groups in total. The molecule has 0 radical (unpaired) electrons. The SMILES string of the molecule is CNc1ccc(NC(=O)CN2CCCC2=O)cn1.Cl. The van der Waals surface area contributed by atoms with Gasteiger partial charge in [-0.25, -0.2) is 4.98 Å². The maximum atomic E-state index is 11.7. The van der Waals surface area contributed by atoms with Crippen molar-refractivity contribution in [3.8, 4) is 0 Å². The van der Waals surface area contributed by atoms with Gasteiger partial charge in [-0.1, -0.05) is 0 Å². The van der Waals surface area contributed by atoms with Gasteiger partial charge in [0.2, 0.25) is 11.8 Å². The molecule has 1 aliphatic rings. The molecule has 19 heavy (non-hydrogen) atoms. The molecule has 0 spiro atoms. The van der Waals surface area contributed by atoms with E-state index in [1.54, 1.807) is 30.3 Å². The predicted octanol–water partition coefficient (Wildman–Crippen LogP) is 1.11. The topological polar surface area (TPSA) is 74.3 Å². The van der Waals surface area contributed by atoms with Crippen LogP contribution in [-0.2, 0) is 9.59 Å². The minimum atomic E-state index is -0.191. The molecule has 0 aliphatic carbocycles. The number of amides is 2. The minimum absolute atomic E-state index is 0. The lowest BCUT2D eigenvalue weighted by Crippen LogP contribution is -2.33. The summed E-state index contributed by atoms with van der Waals surface area (Å²) in [6.07, 6.45) is 2.96.